The number of likely N-dealkylation sites (tertiary alicyclic amines) is 1. The van der Waals surface area contributed by atoms with Crippen molar-refractivity contribution < 1.29 is 9.18 Å². The molecule has 2 heterocycles. The molecule has 0 spiro atoms. The number of carbonyl (C=O) groups excluding carboxylic acids is 1. The van der Waals surface area contributed by atoms with Crippen LogP contribution in [0.5, 0.6) is 0 Å². The Labute approximate surface area is 191 Å². The van der Waals surface area contributed by atoms with Crippen molar-refractivity contribution >= 4 is 12.0 Å². The lowest BCUT2D eigenvalue weighted by molar-refractivity contribution is -0.109. The molecule has 1 unspecified atom stereocenters. The van der Waals surface area contributed by atoms with Gasteiger partial charge in [0.25, 0.3) is 0 Å². The molecule has 0 saturated carbocycles. The van der Waals surface area contributed by atoms with Crippen molar-refractivity contribution in [3.63, 3.8) is 0 Å². The molecule has 0 bridgehead atoms. The molecular formula is C27H36FN3O. The number of benzene rings is 2. The fraction of sp³-hybridized carbons (Fsp3) is 0.519. The van der Waals surface area contributed by atoms with Gasteiger partial charge in [0.05, 0.1) is 6.04 Å². The van der Waals surface area contributed by atoms with Crippen LogP contribution < -0.4 is 10.2 Å². The maximum Gasteiger partial charge on any atom is 0.141 e. The molecule has 0 amide bonds. The van der Waals surface area contributed by atoms with Crippen LogP contribution in [0.1, 0.15) is 49.4 Å². The fourth-order valence-electron chi connectivity index (χ4n) is 4.99. The summed E-state index contributed by atoms with van der Waals surface area (Å²) < 4.78 is 13.1. The normalized spacial score (nSPS) is 18.2. The van der Waals surface area contributed by atoms with E-state index in [0.29, 0.717) is 12.0 Å². The number of fused-ring (bicyclic) bond motifs is 1. The molecule has 1 fully saturated rings. The molecule has 4 rings (SSSR count). The highest BCUT2D eigenvalue weighted by molar-refractivity contribution is 5.66. The lowest BCUT2D eigenvalue weighted by Crippen LogP contribution is -2.45. The molecule has 2 aromatic carbocycles. The summed E-state index contributed by atoms with van der Waals surface area (Å²) in [5, 5.41) is 3.39. The first-order valence-corrected chi connectivity index (χ1v) is 12.1. The van der Waals surface area contributed by atoms with Gasteiger partial charge in [0.15, 0.2) is 0 Å². The number of nitrogens with zero attached hydrogens (tertiary/aromatic N) is 2. The molecule has 0 aliphatic carbocycles. The molecule has 2 aliphatic rings. The SMILES string of the molecule is CC(C)CNC(C=O)c1ccc2c(c1)N(C1CCN(CCc3ccc(F)cc3)CC1)CC2. The third kappa shape index (κ3) is 5.57. The van der Waals surface area contributed by atoms with Crippen LogP contribution >= 0.6 is 0 Å². The van der Waals surface area contributed by atoms with E-state index in [0.717, 1.165) is 70.3 Å². The zero-order valence-electron chi connectivity index (χ0n) is 19.4. The topological polar surface area (TPSA) is 35.6 Å². The standard InChI is InChI=1S/C27H36FN3O/c1-20(2)18-29-26(19-32)23-6-5-22-10-16-31(27(22)17-23)25-11-14-30(15-12-25)13-9-21-3-7-24(28)8-4-21/h3-8,17,19-20,25-26,29H,9-16,18H2,1-2H3. The molecule has 5 heteroatoms. The fourth-order valence-corrected chi connectivity index (χ4v) is 4.99. The summed E-state index contributed by atoms with van der Waals surface area (Å²) in [4.78, 5) is 16.8. The summed E-state index contributed by atoms with van der Waals surface area (Å²) >= 11 is 0. The van der Waals surface area contributed by atoms with Gasteiger partial charge < -0.3 is 19.9 Å². The van der Waals surface area contributed by atoms with E-state index < -0.39 is 0 Å². The summed E-state index contributed by atoms with van der Waals surface area (Å²) in [7, 11) is 0. The molecule has 4 nitrogen and oxygen atoms in total. The Morgan fingerprint density at radius 1 is 1.09 bits per heavy atom. The van der Waals surface area contributed by atoms with Crippen LogP contribution in [0.3, 0.4) is 0 Å². The Bertz CT molecular complexity index is 890. The van der Waals surface area contributed by atoms with E-state index in [9.17, 15) is 9.18 Å². The van der Waals surface area contributed by atoms with Crippen LogP contribution in [-0.2, 0) is 17.6 Å². The van der Waals surface area contributed by atoms with Gasteiger partial charge >= 0.3 is 0 Å². The lowest BCUT2D eigenvalue weighted by Gasteiger charge is -2.38. The second kappa shape index (κ2) is 10.6. The molecule has 2 aromatic rings. The first-order chi connectivity index (χ1) is 15.5. The Hall–Kier alpha value is -2.24. The first-order valence-electron chi connectivity index (χ1n) is 12.1. The number of anilines is 1. The molecule has 0 radical (unpaired) electrons. The van der Waals surface area contributed by atoms with Crippen molar-refractivity contribution in [3.05, 3.63) is 65.0 Å². The summed E-state index contributed by atoms with van der Waals surface area (Å²) in [5.41, 5.74) is 5.00. The van der Waals surface area contributed by atoms with Gasteiger partial charge in [0.1, 0.15) is 12.1 Å². The van der Waals surface area contributed by atoms with Gasteiger partial charge in [-0.2, -0.15) is 0 Å². The number of piperidine rings is 1. The van der Waals surface area contributed by atoms with Crippen molar-refractivity contribution in [2.45, 2.75) is 51.6 Å². The quantitative estimate of drug-likeness (QED) is 0.591. The maximum absolute atomic E-state index is 13.1. The van der Waals surface area contributed by atoms with Crippen molar-refractivity contribution in [2.75, 3.05) is 37.6 Å². The highest BCUT2D eigenvalue weighted by atomic mass is 19.1. The minimum atomic E-state index is -0.238. The van der Waals surface area contributed by atoms with Gasteiger partial charge in [-0.15, -0.1) is 0 Å². The summed E-state index contributed by atoms with van der Waals surface area (Å²) in [5.74, 6) is 0.343. The Morgan fingerprint density at radius 2 is 1.84 bits per heavy atom. The van der Waals surface area contributed by atoms with E-state index in [1.165, 1.54) is 16.8 Å². The Morgan fingerprint density at radius 3 is 2.53 bits per heavy atom. The first kappa shape index (κ1) is 22.9. The second-order valence-corrected chi connectivity index (χ2v) is 9.70. The van der Waals surface area contributed by atoms with E-state index in [1.54, 1.807) is 12.1 Å². The molecule has 172 valence electrons. The highest BCUT2D eigenvalue weighted by Crippen LogP contribution is 2.34. The van der Waals surface area contributed by atoms with Gasteiger partial charge in [-0.05, 0) is 73.0 Å². The summed E-state index contributed by atoms with van der Waals surface area (Å²) in [6.45, 7) is 9.46. The number of rotatable bonds is 9. The molecule has 1 saturated heterocycles. The minimum absolute atomic E-state index is 0.168. The van der Waals surface area contributed by atoms with Crippen LogP contribution in [0.25, 0.3) is 0 Å². The zero-order valence-corrected chi connectivity index (χ0v) is 19.4. The van der Waals surface area contributed by atoms with E-state index in [4.69, 9.17) is 0 Å². The third-order valence-electron chi connectivity index (χ3n) is 6.91. The Kier molecular flexibility index (Phi) is 7.59. The van der Waals surface area contributed by atoms with E-state index in [1.807, 2.05) is 12.1 Å². The van der Waals surface area contributed by atoms with Gasteiger partial charge in [0, 0.05) is 37.9 Å². The van der Waals surface area contributed by atoms with E-state index in [-0.39, 0.29) is 11.9 Å². The number of hydrogen-bond donors (Lipinski definition) is 1. The molecular weight excluding hydrogens is 401 g/mol. The minimum Gasteiger partial charge on any atom is -0.368 e. The largest absolute Gasteiger partial charge is 0.368 e. The molecule has 32 heavy (non-hydrogen) atoms. The van der Waals surface area contributed by atoms with Crippen LogP contribution in [0.15, 0.2) is 42.5 Å². The van der Waals surface area contributed by atoms with Crippen LogP contribution in [0.4, 0.5) is 10.1 Å². The van der Waals surface area contributed by atoms with Gasteiger partial charge in [-0.25, -0.2) is 4.39 Å². The van der Waals surface area contributed by atoms with Crippen LogP contribution in [0, 0.1) is 11.7 Å². The number of nitrogens with one attached hydrogen (secondary N) is 1. The highest BCUT2D eigenvalue weighted by Gasteiger charge is 2.30. The molecule has 1 atom stereocenters. The lowest BCUT2D eigenvalue weighted by atomic mass is 10.0. The average Bonchev–Trinajstić information content (AvgIpc) is 3.23. The zero-order chi connectivity index (χ0) is 22.5. The smallest absolute Gasteiger partial charge is 0.141 e. The molecule has 2 aliphatic heterocycles. The van der Waals surface area contributed by atoms with Crippen molar-refractivity contribution in [1.82, 2.24) is 10.2 Å². The van der Waals surface area contributed by atoms with Crippen LogP contribution in [-0.4, -0.2) is 50.0 Å². The summed E-state index contributed by atoms with van der Waals surface area (Å²) in [6, 6.07) is 13.8. The number of carbonyl (C=O) groups is 1. The van der Waals surface area contributed by atoms with Crippen molar-refractivity contribution in [1.29, 1.82) is 0 Å². The predicted octanol–water partition coefficient (Wildman–Crippen LogP) is 4.38. The predicted molar refractivity (Wildman–Crippen MR) is 129 cm³/mol. The van der Waals surface area contributed by atoms with Crippen LogP contribution in [0.2, 0.25) is 0 Å². The second-order valence-electron chi connectivity index (χ2n) is 9.70. The monoisotopic (exact) mass is 437 g/mol. The van der Waals surface area contributed by atoms with E-state index in [2.05, 4.69) is 47.2 Å². The van der Waals surface area contributed by atoms with Crippen molar-refractivity contribution in [2.24, 2.45) is 5.92 Å². The maximum atomic E-state index is 13.1. The third-order valence-corrected chi connectivity index (χ3v) is 6.91. The number of hydrogen-bond acceptors (Lipinski definition) is 4. The van der Waals surface area contributed by atoms with Gasteiger partial charge in [0.2, 0.25) is 0 Å². The molecule has 0 aromatic heterocycles. The molecule has 1 N–H and O–H groups in total. The Balaban J connectivity index is 1.34. The van der Waals surface area contributed by atoms with E-state index >= 15 is 0 Å². The average molecular weight is 438 g/mol. The number of halogens is 1. The van der Waals surface area contributed by atoms with Gasteiger partial charge in [-0.1, -0.05) is 38.1 Å². The van der Waals surface area contributed by atoms with Crippen molar-refractivity contribution in [3.8, 4) is 0 Å². The number of aldehydes is 1. The van der Waals surface area contributed by atoms with Gasteiger partial charge in [-0.3, -0.25) is 0 Å². The summed E-state index contributed by atoms with van der Waals surface area (Å²) in [6.07, 6.45) is 5.41.